The van der Waals surface area contributed by atoms with Crippen LogP contribution in [0.2, 0.25) is 0 Å². The Balaban J connectivity index is 2.43. The predicted molar refractivity (Wildman–Crippen MR) is 81.6 cm³/mol. The number of thiocarbonyl (C=S) groups is 1. The molecule has 19 heavy (non-hydrogen) atoms. The van der Waals surface area contributed by atoms with Crippen LogP contribution in [0.1, 0.15) is 18.9 Å². The Morgan fingerprint density at radius 2 is 2.16 bits per heavy atom. The minimum absolute atomic E-state index is 0.178. The summed E-state index contributed by atoms with van der Waals surface area (Å²) in [6.45, 7) is 5.33. The van der Waals surface area contributed by atoms with Gasteiger partial charge in [0, 0.05) is 18.7 Å². The summed E-state index contributed by atoms with van der Waals surface area (Å²) in [4.78, 5) is 2.55. The van der Waals surface area contributed by atoms with Gasteiger partial charge in [-0.15, -0.1) is 0 Å². The summed E-state index contributed by atoms with van der Waals surface area (Å²) in [7, 11) is 0. The normalized spacial score (nSPS) is 10.7. The quantitative estimate of drug-likeness (QED) is 0.671. The molecule has 0 aromatic heterocycles. The molecule has 106 valence electrons. The van der Waals surface area contributed by atoms with Crippen molar-refractivity contribution in [3.63, 3.8) is 0 Å². The third kappa shape index (κ3) is 6.00. The molecule has 0 bridgehead atoms. The molecule has 0 aliphatic rings. The predicted octanol–water partition coefficient (Wildman–Crippen LogP) is 1.40. The zero-order valence-electron chi connectivity index (χ0n) is 11.3. The minimum Gasteiger partial charge on any atom is -0.492 e. The zero-order chi connectivity index (χ0) is 14.1. The van der Waals surface area contributed by atoms with Gasteiger partial charge in [-0.2, -0.15) is 0 Å². The molecule has 0 fully saturated rings. The molecule has 1 rings (SSSR count). The minimum atomic E-state index is 0.178. The molecule has 0 heterocycles. The van der Waals surface area contributed by atoms with Crippen molar-refractivity contribution in [3.8, 4) is 5.75 Å². The molecular formula is C14H22N2O2S. The third-order valence-corrected chi connectivity index (χ3v) is 2.99. The first kappa shape index (κ1) is 15.9. The highest BCUT2D eigenvalue weighted by Gasteiger charge is 2.04. The fourth-order valence-corrected chi connectivity index (χ4v) is 1.95. The SMILES string of the molecule is CCCN(CCO)CCOc1cccc(C(N)=S)c1. The first-order valence-electron chi connectivity index (χ1n) is 6.53. The van der Waals surface area contributed by atoms with Crippen LogP contribution in [-0.2, 0) is 0 Å². The highest BCUT2D eigenvalue weighted by Crippen LogP contribution is 2.13. The Hall–Kier alpha value is -1.17. The fourth-order valence-electron chi connectivity index (χ4n) is 1.82. The number of aliphatic hydroxyl groups is 1. The summed E-state index contributed by atoms with van der Waals surface area (Å²) in [5.41, 5.74) is 6.39. The molecular weight excluding hydrogens is 260 g/mol. The Bertz CT molecular complexity index is 393. The summed E-state index contributed by atoms with van der Waals surface area (Å²) < 4.78 is 5.68. The molecule has 1 aromatic carbocycles. The summed E-state index contributed by atoms with van der Waals surface area (Å²) in [6.07, 6.45) is 1.07. The van der Waals surface area contributed by atoms with Gasteiger partial charge in [0.25, 0.3) is 0 Å². The molecule has 1 aromatic rings. The van der Waals surface area contributed by atoms with E-state index >= 15 is 0 Å². The van der Waals surface area contributed by atoms with Gasteiger partial charge in [-0.05, 0) is 25.1 Å². The second-order valence-electron chi connectivity index (χ2n) is 4.31. The van der Waals surface area contributed by atoms with Crippen LogP contribution in [0.3, 0.4) is 0 Å². The lowest BCUT2D eigenvalue weighted by atomic mass is 10.2. The van der Waals surface area contributed by atoms with Crippen molar-refractivity contribution in [3.05, 3.63) is 29.8 Å². The second kappa shape index (κ2) is 8.85. The standard InChI is InChI=1S/C14H22N2O2S/c1-2-6-16(7-9-17)8-10-18-13-5-3-4-12(11-13)14(15)19/h3-5,11,17H,2,6-10H2,1H3,(H2,15,19). The van der Waals surface area contributed by atoms with Gasteiger partial charge in [-0.1, -0.05) is 31.3 Å². The number of aliphatic hydroxyl groups excluding tert-OH is 1. The summed E-state index contributed by atoms with van der Waals surface area (Å²) >= 11 is 4.93. The number of hydrogen-bond donors (Lipinski definition) is 2. The smallest absolute Gasteiger partial charge is 0.120 e. The number of nitrogens with zero attached hydrogens (tertiary/aromatic N) is 1. The zero-order valence-corrected chi connectivity index (χ0v) is 12.2. The van der Waals surface area contributed by atoms with Crippen molar-refractivity contribution in [2.75, 3.05) is 32.8 Å². The average Bonchev–Trinajstić information content (AvgIpc) is 2.39. The molecule has 3 N–H and O–H groups in total. The lowest BCUT2D eigenvalue weighted by Crippen LogP contribution is -2.31. The lowest BCUT2D eigenvalue weighted by molar-refractivity contribution is 0.168. The highest BCUT2D eigenvalue weighted by molar-refractivity contribution is 7.80. The number of ether oxygens (including phenoxy) is 1. The summed E-state index contributed by atoms with van der Waals surface area (Å²) in [5, 5.41) is 8.97. The second-order valence-corrected chi connectivity index (χ2v) is 4.75. The summed E-state index contributed by atoms with van der Waals surface area (Å²) in [6, 6.07) is 7.47. The molecule has 0 saturated carbocycles. The van der Waals surface area contributed by atoms with Crippen LogP contribution in [0.15, 0.2) is 24.3 Å². The maximum absolute atomic E-state index is 8.97. The molecule has 0 aliphatic heterocycles. The molecule has 0 amide bonds. The first-order chi connectivity index (χ1) is 9.17. The molecule has 0 radical (unpaired) electrons. The van der Waals surface area contributed by atoms with E-state index in [1.54, 1.807) is 0 Å². The van der Waals surface area contributed by atoms with Crippen LogP contribution in [0.5, 0.6) is 5.75 Å². The van der Waals surface area contributed by atoms with Gasteiger partial charge in [-0.3, -0.25) is 4.90 Å². The van der Waals surface area contributed by atoms with E-state index in [0.29, 0.717) is 18.1 Å². The maximum Gasteiger partial charge on any atom is 0.120 e. The van der Waals surface area contributed by atoms with Gasteiger partial charge in [-0.25, -0.2) is 0 Å². The molecule has 0 atom stereocenters. The molecule has 0 saturated heterocycles. The van der Waals surface area contributed by atoms with Crippen LogP contribution in [0, 0.1) is 0 Å². The van der Waals surface area contributed by atoms with E-state index in [1.807, 2.05) is 24.3 Å². The van der Waals surface area contributed by atoms with Crippen molar-refractivity contribution in [1.82, 2.24) is 4.90 Å². The van der Waals surface area contributed by atoms with Gasteiger partial charge in [0.05, 0.1) is 6.61 Å². The lowest BCUT2D eigenvalue weighted by Gasteiger charge is -2.20. The molecule has 0 spiro atoms. The van der Waals surface area contributed by atoms with E-state index in [0.717, 1.165) is 30.8 Å². The average molecular weight is 282 g/mol. The maximum atomic E-state index is 8.97. The van der Waals surface area contributed by atoms with Crippen LogP contribution in [0.4, 0.5) is 0 Å². The summed E-state index contributed by atoms with van der Waals surface area (Å²) in [5.74, 6) is 0.769. The fraction of sp³-hybridized carbons (Fsp3) is 0.500. The molecule has 5 heteroatoms. The van der Waals surface area contributed by atoms with E-state index in [2.05, 4.69) is 11.8 Å². The van der Waals surface area contributed by atoms with E-state index in [-0.39, 0.29) is 6.61 Å². The van der Waals surface area contributed by atoms with Gasteiger partial charge in [0.2, 0.25) is 0 Å². The molecule has 0 aliphatic carbocycles. The largest absolute Gasteiger partial charge is 0.492 e. The first-order valence-corrected chi connectivity index (χ1v) is 6.94. The number of hydrogen-bond acceptors (Lipinski definition) is 4. The van der Waals surface area contributed by atoms with Crippen molar-refractivity contribution >= 4 is 17.2 Å². The van der Waals surface area contributed by atoms with Crippen LogP contribution in [0.25, 0.3) is 0 Å². The van der Waals surface area contributed by atoms with Crippen molar-refractivity contribution in [2.45, 2.75) is 13.3 Å². The van der Waals surface area contributed by atoms with Gasteiger partial charge < -0.3 is 15.6 Å². The van der Waals surface area contributed by atoms with E-state index in [1.165, 1.54) is 0 Å². The van der Waals surface area contributed by atoms with Crippen LogP contribution >= 0.6 is 12.2 Å². The number of rotatable bonds is 9. The Labute approximate surface area is 120 Å². The number of nitrogens with two attached hydrogens (primary N) is 1. The van der Waals surface area contributed by atoms with Crippen LogP contribution in [-0.4, -0.2) is 47.8 Å². The van der Waals surface area contributed by atoms with Crippen molar-refractivity contribution in [1.29, 1.82) is 0 Å². The Morgan fingerprint density at radius 1 is 1.37 bits per heavy atom. The number of benzene rings is 1. The molecule has 0 unspecified atom stereocenters. The monoisotopic (exact) mass is 282 g/mol. The van der Waals surface area contributed by atoms with E-state index < -0.39 is 0 Å². The topological polar surface area (TPSA) is 58.7 Å². The van der Waals surface area contributed by atoms with Gasteiger partial charge in [0.1, 0.15) is 17.3 Å². The van der Waals surface area contributed by atoms with Crippen LogP contribution < -0.4 is 10.5 Å². The Kier molecular flexibility index (Phi) is 7.40. The van der Waals surface area contributed by atoms with E-state index in [9.17, 15) is 0 Å². The van der Waals surface area contributed by atoms with Gasteiger partial charge >= 0.3 is 0 Å². The van der Waals surface area contributed by atoms with Crippen molar-refractivity contribution < 1.29 is 9.84 Å². The van der Waals surface area contributed by atoms with Crippen molar-refractivity contribution in [2.24, 2.45) is 5.73 Å². The third-order valence-electron chi connectivity index (χ3n) is 2.75. The van der Waals surface area contributed by atoms with E-state index in [4.69, 9.17) is 27.8 Å². The highest BCUT2D eigenvalue weighted by atomic mass is 32.1. The molecule has 4 nitrogen and oxygen atoms in total. The Morgan fingerprint density at radius 3 is 2.79 bits per heavy atom. The van der Waals surface area contributed by atoms with Gasteiger partial charge in [0.15, 0.2) is 0 Å².